The summed E-state index contributed by atoms with van der Waals surface area (Å²) in [6, 6.07) is 12.5. The van der Waals surface area contributed by atoms with Crippen LogP contribution < -0.4 is 4.74 Å². The van der Waals surface area contributed by atoms with Crippen LogP contribution in [0.25, 0.3) is 0 Å². The third kappa shape index (κ3) is 5.47. The zero-order valence-corrected chi connectivity index (χ0v) is 15.7. The number of carbonyl (C=O) groups excluding carboxylic acids is 1. The average molecular weight is 405 g/mol. The molecule has 0 N–H and O–H groups in total. The van der Waals surface area contributed by atoms with E-state index in [1.165, 1.54) is 24.3 Å². The van der Waals surface area contributed by atoms with Crippen LogP contribution in [-0.4, -0.2) is 60.0 Å². The second-order valence-corrected chi connectivity index (χ2v) is 6.68. The van der Waals surface area contributed by atoms with E-state index in [2.05, 4.69) is 9.64 Å². The summed E-state index contributed by atoms with van der Waals surface area (Å²) < 4.78 is 29.6. The number of carbonyl (C=O) groups is 1. The number of hydrogen-bond acceptors (Lipinski definition) is 5. The second kappa shape index (κ2) is 9.42. The van der Waals surface area contributed by atoms with Gasteiger partial charge in [0.2, 0.25) is 0 Å². The van der Waals surface area contributed by atoms with E-state index in [1.54, 1.807) is 29.2 Å². The van der Waals surface area contributed by atoms with Gasteiger partial charge in [0.15, 0.2) is 0 Å². The van der Waals surface area contributed by atoms with Crippen LogP contribution in [-0.2, 0) is 6.42 Å². The first kappa shape index (κ1) is 20.7. The van der Waals surface area contributed by atoms with Crippen molar-refractivity contribution in [2.75, 3.05) is 32.7 Å². The van der Waals surface area contributed by atoms with E-state index >= 15 is 0 Å². The third-order valence-electron chi connectivity index (χ3n) is 4.86. The molecule has 0 radical (unpaired) electrons. The number of para-hydroxylation sites is 1. The van der Waals surface area contributed by atoms with Crippen LogP contribution in [0, 0.1) is 10.1 Å². The smallest absolute Gasteiger partial charge is 0.387 e. The molecule has 0 saturated carbocycles. The van der Waals surface area contributed by atoms with Gasteiger partial charge in [0.1, 0.15) is 5.75 Å². The average Bonchev–Trinajstić information content (AvgIpc) is 2.72. The normalized spacial score (nSPS) is 14.8. The minimum absolute atomic E-state index is 0.0666. The highest BCUT2D eigenvalue weighted by molar-refractivity contribution is 5.97. The number of non-ortho nitro benzene ring substituents is 1. The predicted molar refractivity (Wildman–Crippen MR) is 102 cm³/mol. The maximum absolute atomic E-state index is 12.7. The third-order valence-corrected chi connectivity index (χ3v) is 4.86. The fraction of sp³-hybridized carbons (Fsp3) is 0.350. The van der Waals surface area contributed by atoms with Gasteiger partial charge in [-0.1, -0.05) is 24.3 Å². The van der Waals surface area contributed by atoms with Crippen LogP contribution >= 0.6 is 0 Å². The van der Waals surface area contributed by atoms with Crippen LogP contribution in [0.15, 0.2) is 48.5 Å². The summed E-state index contributed by atoms with van der Waals surface area (Å²) in [5.74, 6) is -0.440. The summed E-state index contributed by atoms with van der Waals surface area (Å²) >= 11 is 0. The number of rotatable bonds is 7. The number of amides is 1. The lowest BCUT2D eigenvalue weighted by atomic mass is 10.1. The lowest BCUT2D eigenvalue weighted by Gasteiger charge is -2.35. The molecule has 1 aliphatic heterocycles. The van der Waals surface area contributed by atoms with Gasteiger partial charge in [0.25, 0.3) is 11.6 Å². The van der Waals surface area contributed by atoms with E-state index in [4.69, 9.17) is 0 Å². The Kier molecular flexibility index (Phi) is 6.71. The van der Waals surface area contributed by atoms with Crippen molar-refractivity contribution in [3.63, 3.8) is 0 Å². The topological polar surface area (TPSA) is 75.9 Å². The molecule has 0 unspecified atom stereocenters. The van der Waals surface area contributed by atoms with E-state index in [9.17, 15) is 23.7 Å². The monoisotopic (exact) mass is 405 g/mol. The molecule has 2 aromatic rings. The van der Waals surface area contributed by atoms with Crippen molar-refractivity contribution in [1.82, 2.24) is 9.80 Å². The first-order valence-electron chi connectivity index (χ1n) is 9.23. The SMILES string of the molecule is O=C(c1ccccc1OC(F)F)N1CCN(CCc2ccc([N+](=O)[O-])cc2)CC1. The first-order chi connectivity index (χ1) is 13.9. The van der Waals surface area contributed by atoms with Gasteiger partial charge in [-0.05, 0) is 24.1 Å². The Bertz CT molecular complexity index is 853. The standard InChI is InChI=1S/C20H21F2N3O4/c21-20(22)29-18-4-2-1-3-17(18)19(26)24-13-11-23(12-14-24)10-9-15-5-7-16(8-6-15)25(27)28/h1-8,20H,9-14H2. The Labute approximate surface area is 166 Å². The first-order valence-corrected chi connectivity index (χ1v) is 9.23. The quantitative estimate of drug-likeness (QED) is 0.522. The molecule has 0 atom stereocenters. The summed E-state index contributed by atoms with van der Waals surface area (Å²) in [5, 5.41) is 10.7. The molecular weight excluding hydrogens is 384 g/mol. The molecule has 1 saturated heterocycles. The highest BCUT2D eigenvalue weighted by Gasteiger charge is 2.24. The molecule has 0 aromatic heterocycles. The molecule has 9 heteroatoms. The van der Waals surface area contributed by atoms with E-state index in [1.807, 2.05) is 0 Å². The molecule has 0 bridgehead atoms. The number of ether oxygens (including phenoxy) is 1. The van der Waals surface area contributed by atoms with Gasteiger partial charge in [-0.25, -0.2) is 0 Å². The molecule has 0 aliphatic carbocycles. The Morgan fingerprint density at radius 2 is 1.72 bits per heavy atom. The summed E-state index contributed by atoms with van der Waals surface area (Å²) in [6.45, 7) is 0.0858. The van der Waals surface area contributed by atoms with Crippen LogP contribution in [0.2, 0.25) is 0 Å². The molecule has 3 rings (SSSR count). The molecule has 1 fully saturated rings. The van der Waals surface area contributed by atoms with Gasteiger partial charge in [-0.2, -0.15) is 8.78 Å². The summed E-state index contributed by atoms with van der Waals surface area (Å²) in [5.41, 5.74) is 1.20. The minimum Gasteiger partial charge on any atom is -0.434 e. The van der Waals surface area contributed by atoms with Crippen molar-refractivity contribution >= 4 is 11.6 Å². The number of benzene rings is 2. The molecule has 1 aliphatic rings. The van der Waals surface area contributed by atoms with Crippen molar-refractivity contribution in [2.24, 2.45) is 0 Å². The Hall–Kier alpha value is -3.07. The van der Waals surface area contributed by atoms with Crippen LogP contribution in [0.1, 0.15) is 15.9 Å². The molecule has 2 aromatic carbocycles. The number of halogens is 2. The number of piperazine rings is 1. The lowest BCUT2D eigenvalue weighted by molar-refractivity contribution is -0.384. The summed E-state index contributed by atoms with van der Waals surface area (Å²) in [6.07, 6.45) is 0.747. The number of nitrogens with zero attached hydrogens (tertiary/aromatic N) is 3. The Balaban J connectivity index is 1.51. The molecular formula is C20H21F2N3O4. The van der Waals surface area contributed by atoms with E-state index in [0.29, 0.717) is 26.2 Å². The number of alkyl halides is 2. The van der Waals surface area contributed by atoms with Crippen LogP contribution in [0.4, 0.5) is 14.5 Å². The van der Waals surface area contributed by atoms with Crippen molar-refractivity contribution in [2.45, 2.75) is 13.0 Å². The zero-order valence-electron chi connectivity index (χ0n) is 15.7. The van der Waals surface area contributed by atoms with E-state index in [0.717, 1.165) is 18.5 Å². The van der Waals surface area contributed by atoms with Gasteiger partial charge in [-0.3, -0.25) is 19.8 Å². The summed E-state index contributed by atoms with van der Waals surface area (Å²) in [7, 11) is 0. The van der Waals surface area contributed by atoms with Gasteiger partial charge < -0.3 is 9.64 Å². The Morgan fingerprint density at radius 3 is 2.34 bits per heavy atom. The van der Waals surface area contributed by atoms with Gasteiger partial charge in [0.05, 0.1) is 10.5 Å². The van der Waals surface area contributed by atoms with Crippen LogP contribution in [0.5, 0.6) is 5.75 Å². The second-order valence-electron chi connectivity index (χ2n) is 6.68. The van der Waals surface area contributed by atoms with Crippen molar-refractivity contribution in [1.29, 1.82) is 0 Å². The van der Waals surface area contributed by atoms with Gasteiger partial charge in [-0.15, -0.1) is 0 Å². The van der Waals surface area contributed by atoms with Gasteiger partial charge >= 0.3 is 6.61 Å². The number of nitro groups is 1. The molecule has 1 amide bonds. The molecule has 0 spiro atoms. The Morgan fingerprint density at radius 1 is 1.07 bits per heavy atom. The maximum atomic E-state index is 12.7. The van der Waals surface area contributed by atoms with E-state index < -0.39 is 11.5 Å². The van der Waals surface area contributed by atoms with Crippen molar-refractivity contribution in [3.05, 3.63) is 69.8 Å². The fourth-order valence-electron chi connectivity index (χ4n) is 3.26. The van der Waals surface area contributed by atoms with Gasteiger partial charge in [0, 0.05) is 44.9 Å². The molecule has 29 heavy (non-hydrogen) atoms. The van der Waals surface area contributed by atoms with Crippen molar-refractivity contribution < 1.29 is 23.2 Å². The maximum Gasteiger partial charge on any atom is 0.387 e. The predicted octanol–water partition coefficient (Wildman–Crippen LogP) is 3.20. The van der Waals surface area contributed by atoms with Crippen LogP contribution in [0.3, 0.4) is 0 Å². The molecule has 7 nitrogen and oxygen atoms in total. The lowest BCUT2D eigenvalue weighted by Crippen LogP contribution is -2.49. The van der Waals surface area contributed by atoms with E-state index in [-0.39, 0.29) is 22.9 Å². The zero-order chi connectivity index (χ0) is 20.8. The number of hydrogen-bond donors (Lipinski definition) is 0. The molecule has 154 valence electrons. The van der Waals surface area contributed by atoms with Crippen molar-refractivity contribution in [3.8, 4) is 5.75 Å². The fourth-order valence-corrected chi connectivity index (χ4v) is 3.26. The highest BCUT2D eigenvalue weighted by atomic mass is 19.3. The number of nitro benzene ring substituents is 1. The minimum atomic E-state index is -2.99. The summed E-state index contributed by atoms with van der Waals surface area (Å²) in [4.78, 5) is 26.8. The molecule has 1 heterocycles. The highest BCUT2D eigenvalue weighted by Crippen LogP contribution is 2.22. The largest absolute Gasteiger partial charge is 0.434 e.